The monoisotopic (exact) mass is 373 g/mol. The Morgan fingerprint density at radius 2 is 1.85 bits per heavy atom. The summed E-state index contributed by atoms with van der Waals surface area (Å²) in [5.41, 5.74) is 1.13. The molecule has 144 valence electrons. The molecule has 8 nitrogen and oxygen atoms in total. The van der Waals surface area contributed by atoms with Gasteiger partial charge in [-0.1, -0.05) is 32.0 Å². The van der Waals surface area contributed by atoms with Crippen molar-refractivity contribution in [3.8, 4) is 11.5 Å². The van der Waals surface area contributed by atoms with Crippen LogP contribution in [0.4, 0.5) is 0 Å². The van der Waals surface area contributed by atoms with Gasteiger partial charge in [-0.15, -0.1) is 0 Å². The number of amides is 2. The van der Waals surface area contributed by atoms with E-state index in [1.165, 1.54) is 0 Å². The molecule has 3 N–H and O–H groups in total. The Bertz CT molecular complexity index is 814. The molecule has 2 aromatic rings. The number of carbonyl (C=O) groups excluding carboxylic acids is 2. The summed E-state index contributed by atoms with van der Waals surface area (Å²) in [6, 6.07) is 8.13. The Labute approximate surface area is 157 Å². The van der Waals surface area contributed by atoms with Crippen LogP contribution in [0.25, 0.3) is 11.5 Å². The van der Waals surface area contributed by atoms with Gasteiger partial charge in [-0.3, -0.25) is 9.59 Å². The third kappa shape index (κ3) is 5.67. The minimum Gasteiger partial charge on any atom is -0.480 e. The minimum absolute atomic E-state index is 0.0126. The summed E-state index contributed by atoms with van der Waals surface area (Å²) < 4.78 is 5.52. The normalized spacial score (nSPS) is 11.9. The molecule has 0 bridgehead atoms. The highest BCUT2D eigenvalue weighted by Crippen LogP contribution is 2.21. The number of nitrogens with zero attached hydrogens (tertiary/aromatic N) is 1. The van der Waals surface area contributed by atoms with E-state index in [9.17, 15) is 14.4 Å². The van der Waals surface area contributed by atoms with Crippen LogP contribution in [0.5, 0.6) is 0 Å². The number of hydrogen-bond donors (Lipinski definition) is 3. The summed E-state index contributed by atoms with van der Waals surface area (Å²) in [5, 5.41) is 14.0. The van der Waals surface area contributed by atoms with Gasteiger partial charge in [0.15, 0.2) is 0 Å². The van der Waals surface area contributed by atoms with E-state index in [0.717, 1.165) is 5.56 Å². The summed E-state index contributed by atoms with van der Waals surface area (Å²) in [7, 11) is 0. The first kappa shape index (κ1) is 20.2. The van der Waals surface area contributed by atoms with Crippen molar-refractivity contribution in [3.63, 3.8) is 0 Å². The lowest BCUT2D eigenvalue weighted by Crippen LogP contribution is -2.46. The van der Waals surface area contributed by atoms with E-state index in [2.05, 4.69) is 15.6 Å². The molecule has 0 saturated carbocycles. The molecule has 1 aromatic carbocycles. The van der Waals surface area contributed by atoms with E-state index in [1.807, 2.05) is 32.0 Å². The first-order valence-corrected chi connectivity index (χ1v) is 8.61. The third-order valence-electron chi connectivity index (χ3n) is 3.77. The molecule has 8 heteroatoms. The number of aryl methyl sites for hydroxylation is 1. The Hall–Kier alpha value is -3.16. The van der Waals surface area contributed by atoms with Crippen molar-refractivity contribution >= 4 is 17.8 Å². The summed E-state index contributed by atoms with van der Waals surface area (Å²) in [6.45, 7) is 5.00. The van der Waals surface area contributed by atoms with Crippen LogP contribution in [0.1, 0.15) is 36.5 Å². The van der Waals surface area contributed by atoms with Crippen molar-refractivity contribution in [3.05, 3.63) is 41.8 Å². The zero-order chi connectivity index (χ0) is 20.0. The van der Waals surface area contributed by atoms with E-state index < -0.39 is 23.8 Å². The SMILES string of the molecule is Cc1nc(-c2ccccc2)oc1C(=O)NCC(=O)N[C@@H](CC(C)C)C(=O)O. The second kappa shape index (κ2) is 8.98. The van der Waals surface area contributed by atoms with Crippen molar-refractivity contribution in [2.45, 2.75) is 33.2 Å². The number of aliphatic carboxylic acids is 1. The van der Waals surface area contributed by atoms with E-state index in [4.69, 9.17) is 9.52 Å². The van der Waals surface area contributed by atoms with Gasteiger partial charge in [0.05, 0.1) is 12.2 Å². The van der Waals surface area contributed by atoms with Crippen molar-refractivity contribution < 1.29 is 23.9 Å². The maximum Gasteiger partial charge on any atom is 0.326 e. The molecule has 2 rings (SSSR count). The number of carboxylic acids is 1. The smallest absolute Gasteiger partial charge is 0.326 e. The number of carboxylic acid groups (broad SMARTS) is 1. The van der Waals surface area contributed by atoms with Gasteiger partial charge in [-0.25, -0.2) is 9.78 Å². The van der Waals surface area contributed by atoms with Gasteiger partial charge in [-0.2, -0.15) is 0 Å². The van der Waals surface area contributed by atoms with Crippen molar-refractivity contribution in [2.24, 2.45) is 5.92 Å². The second-order valence-electron chi connectivity index (χ2n) is 6.57. The van der Waals surface area contributed by atoms with Gasteiger partial charge in [0.2, 0.25) is 17.6 Å². The van der Waals surface area contributed by atoms with Crippen LogP contribution < -0.4 is 10.6 Å². The molecule has 0 aliphatic heterocycles. The molecule has 0 aliphatic rings. The highest BCUT2D eigenvalue weighted by atomic mass is 16.4. The predicted molar refractivity (Wildman–Crippen MR) is 98.0 cm³/mol. The Morgan fingerprint density at radius 1 is 1.19 bits per heavy atom. The predicted octanol–water partition coefficient (Wildman–Crippen LogP) is 2.00. The van der Waals surface area contributed by atoms with Crippen LogP contribution in [0.15, 0.2) is 34.7 Å². The number of nitrogens with one attached hydrogen (secondary N) is 2. The van der Waals surface area contributed by atoms with Gasteiger partial charge in [0.1, 0.15) is 6.04 Å². The lowest BCUT2D eigenvalue weighted by molar-refractivity contribution is -0.142. The van der Waals surface area contributed by atoms with Gasteiger partial charge >= 0.3 is 5.97 Å². The molecule has 0 radical (unpaired) electrons. The lowest BCUT2D eigenvalue weighted by atomic mass is 10.0. The molecule has 1 atom stereocenters. The molecule has 0 spiro atoms. The third-order valence-corrected chi connectivity index (χ3v) is 3.77. The van der Waals surface area contributed by atoms with Crippen LogP contribution in [-0.4, -0.2) is 40.5 Å². The van der Waals surface area contributed by atoms with E-state index in [0.29, 0.717) is 18.0 Å². The quantitative estimate of drug-likeness (QED) is 0.651. The van der Waals surface area contributed by atoms with Crippen LogP contribution in [0, 0.1) is 12.8 Å². The zero-order valence-corrected chi connectivity index (χ0v) is 15.5. The van der Waals surface area contributed by atoms with Gasteiger partial charge in [0.25, 0.3) is 5.91 Å². The average Bonchev–Trinajstić information content (AvgIpc) is 3.01. The maximum absolute atomic E-state index is 12.3. The number of hydrogen-bond acceptors (Lipinski definition) is 5. The first-order valence-electron chi connectivity index (χ1n) is 8.61. The number of aromatic nitrogens is 1. The Morgan fingerprint density at radius 3 is 2.44 bits per heavy atom. The van der Waals surface area contributed by atoms with Crippen LogP contribution >= 0.6 is 0 Å². The largest absolute Gasteiger partial charge is 0.480 e. The van der Waals surface area contributed by atoms with Gasteiger partial charge in [0, 0.05) is 5.56 Å². The summed E-state index contributed by atoms with van der Waals surface area (Å²) in [5.74, 6) is -1.86. The molecule has 1 aromatic heterocycles. The first-order chi connectivity index (χ1) is 12.8. The number of oxazole rings is 1. The molecular formula is C19H23N3O5. The average molecular weight is 373 g/mol. The number of carbonyl (C=O) groups is 3. The molecular weight excluding hydrogens is 350 g/mol. The van der Waals surface area contributed by atoms with Crippen molar-refractivity contribution in [1.29, 1.82) is 0 Å². The van der Waals surface area contributed by atoms with Crippen molar-refractivity contribution in [2.75, 3.05) is 6.54 Å². The summed E-state index contributed by atoms with van der Waals surface area (Å²) in [4.78, 5) is 39.6. The Balaban J connectivity index is 1.96. The van der Waals surface area contributed by atoms with E-state index in [-0.39, 0.29) is 18.2 Å². The van der Waals surface area contributed by atoms with Crippen LogP contribution in [0.3, 0.4) is 0 Å². The molecule has 27 heavy (non-hydrogen) atoms. The second-order valence-corrected chi connectivity index (χ2v) is 6.57. The molecule has 0 saturated heterocycles. The fourth-order valence-electron chi connectivity index (χ4n) is 2.49. The summed E-state index contributed by atoms with van der Waals surface area (Å²) in [6.07, 6.45) is 0.302. The highest BCUT2D eigenvalue weighted by Gasteiger charge is 2.22. The minimum atomic E-state index is -1.11. The van der Waals surface area contributed by atoms with E-state index in [1.54, 1.807) is 19.1 Å². The molecule has 1 heterocycles. The van der Waals surface area contributed by atoms with Crippen LogP contribution in [-0.2, 0) is 9.59 Å². The van der Waals surface area contributed by atoms with Gasteiger partial charge < -0.3 is 20.2 Å². The fourth-order valence-corrected chi connectivity index (χ4v) is 2.49. The lowest BCUT2D eigenvalue weighted by Gasteiger charge is -2.16. The number of benzene rings is 1. The van der Waals surface area contributed by atoms with Crippen LogP contribution in [0.2, 0.25) is 0 Å². The summed E-state index contributed by atoms with van der Waals surface area (Å²) >= 11 is 0. The molecule has 0 aliphatic carbocycles. The van der Waals surface area contributed by atoms with Gasteiger partial charge in [-0.05, 0) is 31.4 Å². The van der Waals surface area contributed by atoms with Crippen molar-refractivity contribution in [1.82, 2.24) is 15.6 Å². The number of rotatable bonds is 8. The molecule has 2 amide bonds. The molecule has 0 fully saturated rings. The van der Waals surface area contributed by atoms with E-state index >= 15 is 0 Å². The molecule has 0 unspecified atom stereocenters. The maximum atomic E-state index is 12.3. The highest BCUT2D eigenvalue weighted by molar-refractivity contribution is 5.95. The fraction of sp³-hybridized carbons (Fsp3) is 0.368. The zero-order valence-electron chi connectivity index (χ0n) is 15.5. The Kier molecular flexibility index (Phi) is 6.70. The topological polar surface area (TPSA) is 122 Å². The standard InChI is InChI=1S/C19H23N3O5/c1-11(2)9-14(19(25)26)22-15(23)10-20-17(24)16-12(3)21-18(27-16)13-7-5-4-6-8-13/h4-8,11,14H,9-10H2,1-3H3,(H,20,24)(H,22,23)(H,25,26)/t14-/m0/s1.